The van der Waals surface area contributed by atoms with Gasteiger partial charge in [0.2, 0.25) is 17.7 Å². The van der Waals surface area contributed by atoms with Gasteiger partial charge in [0.1, 0.15) is 12.4 Å². The number of anilines is 3. The number of carbonyl (C=O) groups excluding carboxylic acids is 1. The van der Waals surface area contributed by atoms with Gasteiger partial charge in [-0.1, -0.05) is 0 Å². The molecule has 2 aliphatic rings. The molecule has 4 rings (SSSR count). The van der Waals surface area contributed by atoms with Gasteiger partial charge in [-0.3, -0.25) is 4.79 Å². The third-order valence-corrected chi connectivity index (χ3v) is 4.76. The Hall–Kier alpha value is -2.74. The fourth-order valence-corrected chi connectivity index (χ4v) is 3.33. The van der Waals surface area contributed by atoms with E-state index in [1.54, 1.807) is 19.4 Å². The molecule has 0 unspecified atom stereocenters. The number of pyridine rings is 1. The molecule has 1 aliphatic heterocycles. The molecule has 2 aromatic heterocycles. The lowest BCUT2D eigenvalue weighted by Gasteiger charge is -2.18. The predicted octanol–water partition coefficient (Wildman–Crippen LogP) is 2.04. The molecule has 8 nitrogen and oxygen atoms in total. The molecule has 0 radical (unpaired) electrons. The van der Waals surface area contributed by atoms with Gasteiger partial charge in [0.15, 0.2) is 0 Å². The van der Waals surface area contributed by atoms with E-state index in [1.165, 1.54) is 12.5 Å². The van der Waals surface area contributed by atoms with Gasteiger partial charge in [-0.15, -0.1) is 0 Å². The summed E-state index contributed by atoms with van der Waals surface area (Å²) in [5, 5.41) is 2.74. The highest BCUT2D eigenvalue weighted by molar-refractivity contribution is 5.88. The van der Waals surface area contributed by atoms with Gasteiger partial charge in [-0.05, 0) is 12.8 Å². The largest absolute Gasteiger partial charge is 0.475 e. The SMILES string of the molecule is COCCOc1ccnc(N2CC3(CC3)c3cnc(NC(C)=O)cc32)n1. The number of ether oxygens (including phenoxy) is 2. The predicted molar refractivity (Wildman–Crippen MR) is 95.9 cm³/mol. The van der Waals surface area contributed by atoms with Crippen molar-refractivity contribution in [3.8, 4) is 5.88 Å². The number of methoxy groups -OCH3 is 1. The van der Waals surface area contributed by atoms with E-state index in [-0.39, 0.29) is 11.3 Å². The lowest BCUT2D eigenvalue weighted by Crippen LogP contribution is -2.21. The zero-order valence-corrected chi connectivity index (χ0v) is 14.9. The lowest BCUT2D eigenvalue weighted by molar-refractivity contribution is -0.114. The van der Waals surface area contributed by atoms with Crippen molar-refractivity contribution in [3.05, 3.63) is 30.1 Å². The van der Waals surface area contributed by atoms with Crippen LogP contribution in [0.25, 0.3) is 0 Å². The summed E-state index contributed by atoms with van der Waals surface area (Å²) in [5.74, 6) is 1.49. The molecule has 1 spiro atoms. The van der Waals surface area contributed by atoms with Crippen molar-refractivity contribution in [3.63, 3.8) is 0 Å². The van der Waals surface area contributed by atoms with E-state index in [9.17, 15) is 4.79 Å². The van der Waals surface area contributed by atoms with Gasteiger partial charge in [-0.2, -0.15) is 4.98 Å². The van der Waals surface area contributed by atoms with E-state index in [0.717, 1.165) is 25.1 Å². The highest BCUT2D eigenvalue weighted by Gasteiger charge is 2.53. The number of nitrogens with zero attached hydrogens (tertiary/aromatic N) is 4. The number of fused-ring (bicyclic) bond motifs is 2. The second kappa shape index (κ2) is 6.53. The Bertz CT molecular complexity index is 837. The molecule has 0 saturated heterocycles. The van der Waals surface area contributed by atoms with Crippen molar-refractivity contribution < 1.29 is 14.3 Å². The van der Waals surface area contributed by atoms with Crippen LogP contribution in [0.5, 0.6) is 5.88 Å². The van der Waals surface area contributed by atoms with Gasteiger partial charge >= 0.3 is 0 Å². The molecule has 1 N–H and O–H groups in total. The number of hydrogen-bond acceptors (Lipinski definition) is 7. The van der Waals surface area contributed by atoms with Crippen LogP contribution < -0.4 is 15.0 Å². The summed E-state index contributed by atoms with van der Waals surface area (Å²) in [7, 11) is 1.63. The van der Waals surface area contributed by atoms with Crippen LogP contribution >= 0.6 is 0 Å². The zero-order chi connectivity index (χ0) is 18.1. The fraction of sp³-hybridized carbons (Fsp3) is 0.444. The van der Waals surface area contributed by atoms with Crippen molar-refractivity contribution in [2.75, 3.05) is 37.1 Å². The average Bonchev–Trinajstić information content (AvgIpc) is 3.33. The first-order valence-electron chi connectivity index (χ1n) is 8.62. The Morgan fingerprint density at radius 3 is 2.92 bits per heavy atom. The summed E-state index contributed by atoms with van der Waals surface area (Å²) in [6, 6.07) is 3.63. The molecular formula is C18H21N5O3. The number of hydrogen-bond donors (Lipinski definition) is 1. The quantitative estimate of drug-likeness (QED) is 0.793. The standard InChI is InChI=1S/C18H21N5O3/c1-12(24)21-15-9-14-13(10-20-15)18(4-5-18)11-23(14)17-19-6-3-16(22-17)26-8-7-25-2/h3,6,9-10H,4-5,7-8,11H2,1-2H3,(H,20,21,24). The van der Waals surface area contributed by atoms with Crippen LogP contribution in [0.2, 0.25) is 0 Å². The molecule has 0 aromatic carbocycles. The van der Waals surface area contributed by atoms with Crippen LogP contribution in [-0.2, 0) is 14.9 Å². The van der Waals surface area contributed by atoms with Gasteiger partial charge in [0.05, 0.1) is 12.3 Å². The summed E-state index contributed by atoms with van der Waals surface area (Å²) < 4.78 is 10.6. The summed E-state index contributed by atoms with van der Waals surface area (Å²) >= 11 is 0. The smallest absolute Gasteiger partial charge is 0.233 e. The summed E-state index contributed by atoms with van der Waals surface area (Å²) in [6.45, 7) is 3.22. The Morgan fingerprint density at radius 2 is 2.19 bits per heavy atom. The van der Waals surface area contributed by atoms with E-state index in [1.807, 2.05) is 12.3 Å². The minimum atomic E-state index is -0.145. The van der Waals surface area contributed by atoms with Crippen LogP contribution in [0.4, 0.5) is 17.5 Å². The van der Waals surface area contributed by atoms with Gasteiger partial charge < -0.3 is 19.7 Å². The molecule has 8 heteroatoms. The Labute approximate surface area is 151 Å². The third kappa shape index (κ3) is 3.08. The van der Waals surface area contributed by atoms with E-state index < -0.39 is 0 Å². The number of nitrogens with one attached hydrogen (secondary N) is 1. The maximum atomic E-state index is 11.4. The first-order chi connectivity index (χ1) is 12.6. The number of aromatic nitrogens is 3. The first-order valence-corrected chi connectivity index (χ1v) is 8.62. The van der Waals surface area contributed by atoms with Crippen LogP contribution in [0.1, 0.15) is 25.3 Å². The third-order valence-electron chi connectivity index (χ3n) is 4.76. The monoisotopic (exact) mass is 355 g/mol. The minimum Gasteiger partial charge on any atom is -0.475 e. The maximum Gasteiger partial charge on any atom is 0.233 e. The van der Waals surface area contributed by atoms with Crippen LogP contribution in [0, 0.1) is 0 Å². The van der Waals surface area contributed by atoms with Crippen molar-refractivity contribution in [1.82, 2.24) is 15.0 Å². The Balaban J connectivity index is 1.64. The molecule has 3 heterocycles. The van der Waals surface area contributed by atoms with Crippen molar-refractivity contribution in [1.29, 1.82) is 0 Å². The minimum absolute atomic E-state index is 0.132. The van der Waals surface area contributed by atoms with Gasteiger partial charge in [0, 0.05) is 56.1 Å². The maximum absolute atomic E-state index is 11.4. The molecule has 136 valence electrons. The molecule has 26 heavy (non-hydrogen) atoms. The molecule has 1 saturated carbocycles. The van der Waals surface area contributed by atoms with Crippen LogP contribution in [-0.4, -0.2) is 47.7 Å². The van der Waals surface area contributed by atoms with Crippen molar-refractivity contribution in [2.45, 2.75) is 25.2 Å². The zero-order valence-electron chi connectivity index (χ0n) is 14.9. The Kier molecular flexibility index (Phi) is 4.20. The fourth-order valence-electron chi connectivity index (χ4n) is 3.33. The normalized spacial score (nSPS) is 16.5. The van der Waals surface area contributed by atoms with Crippen molar-refractivity contribution >= 4 is 23.4 Å². The van der Waals surface area contributed by atoms with E-state index in [0.29, 0.717) is 30.9 Å². The molecule has 1 aliphatic carbocycles. The number of amides is 1. The summed E-state index contributed by atoms with van der Waals surface area (Å²) in [5.41, 5.74) is 2.32. The highest BCUT2D eigenvalue weighted by atomic mass is 16.5. The number of rotatable bonds is 6. The molecule has 0 atom stereocenters. The average molecular weight is 355 g/mol. The van der Waals surface area contributed by atoms with E-state index in [2.05, 4.69) is 25.2 Å². The van der Waals surface area contributed by atoms with E-state index >= 15 is 0 Å². The van der Waals surface area contributed by atoms with Crippen molar-refractivity contribution in [2.24, 2.45) is 0 Å². The number of carbonyl (C=O) groups is 1. The second-order valence-corrected chi connectivity index (χ2v) is 6.67. The lowest BCUT2D eigenvalue weighted by atomic mass is 10.0. The van der Waals surface area contributed by atoms with Crippen LogP contribution in [0.3, 0.4) is 0 Å². The van der Waals surface area contributed by atoms with Gasteiger partial charge in [0.25, 0.3) is 0 Å². The summed E-state index contributed by atoms with van der Waals surface area (Å²) in [4.78, 5) is 26.8. The topological polar surface area (TPSA) is 89.5 Å². The molecule has 2 aromatic rings. The van der Waals surface area contributed by atoms with E-state index in [4.69, 9.17) is 9.47 Å². The second-order valence-electron chi connectivity index (χ2n) is 6.67. The molecule has 1 fully saturated rings. The first kappa shape index (κ1) is 16.7. The Morgan fingerprint density at radius 1 is 1.35 bits per heavy atom. The van der Waals surface area contributed by atoms with Crippen LogP contribution in [0.15, 0.2) is 24.5 Å². The highest BCUT2D eigenvalue weighted by Crippen LogP contribution is 2.57. The molecule has 1 amide bonds. The van der Waals surface area contributed by atoms with Gasteiger partial charge in [-0.25, -0.2) is 9.97 Å². The molecule has 0 bridgehead atoms. The molecular weight excluding hydrogens is 334 g/mol. The summed E-state index contributed by atoms with van der Waals surface area (Å²) in [6.07, 6.45) is 5.81.